The Morgan fingerprint density at radius 2 is 1.71 bits per heavy atom. The van der Waals surface area contributed by atoms with Crippen molar-refractivity contribution >= 4 is 28.8 Å². The largest absolute Gasteiger partial charge is 0.392 e. The van der Waals surface area contributed by atoms with Gasteiger partial charge in [-0.1, -0.05) is 24.3 Å². The highest BCUT2D eigenvalue weighted by Gasteiger charge is 2.29. The summed E-state index contributed by atoms with van der Waals surface area (Å²) in [4.78, 5) is 37.8. The van der Waals surface area contributed by atoms with Gasteiger partial charge in [-0.25, -0.2) is 4.98 Å². The first-order valence-corrected chi connectivity index (χ1v) is 15.3. The van der Waals surface area contributed by atoms with E-state index in [4.69, 9.17) is 0 Å². The first-order valence-electron chi connectivity index (χ1n) is 15.3. The van der Waals surface area contributed by atoms with Crippen LogP contribution in [-0.2, 0) is 25.7 Å². The summed E-state index contributed by atoms with van der Waals surface area (Å²) in [5, 5.41) is 24.2. The van der Waals surface area contributed by atoms with Gasteiger partial charge in [0.15, 0.2) is 0 Å². The molecule has 2 aromatic carbocycles. The third kappa shape index (κ3) is 6.09. The van der Waals surface area contributed by atoms with E-state index < -0.39 is 5.60 Å². The van der Waals surface area contributed by atoms with Gasteiger partial charge in [0.2, 0.25) is 0 Å². The van der Waals surface area contributed by atoms with Crippen LogP contribution in [0.25, 0.3) is 11.1 Å². The Labute approximate surface area is 263 Å². The van der Waals surface area contributed by atoms with E-state index >= 15 is 0 Å². The molecule has 6 rings (SSSR count). The summed E-state index contributed by atoms with van der Waals surface area (Å²) in [6, 6.07) is 16.7. The number of benzene rings is 2. The summed E-state index contributed by atoms with van der Waals surface area (Å²) in [7, 11) is 3.81. The Kier molecular flexibility index (Phi) is 8.22. The van der Waals surface area contributed by atoms with E-state index in [1.807, 2.05) is 42.6 Å². The van der Waals surface area contributed by atoms with Gasteiger partial charge in [0.05, 0.1) is 29.8 Å². The molecule has 4 heterocycles. The quantitative estimate of drug-likeness (QED) is 0.290. The van der Waals surface area contributed by atoms with Gasteiger partial charge < -0.3 is 34.8 Å². The molecule has 0 bridgehead atoms. The predicted molar refractivity (Wildman–Crippen MR) is 177 cm³/mol. The Morgan fingerprint density at radius 1 is 0.933 bits per heavy atom. The summed E-state index contributed by atoms with van der Waals surface area (Å²) in [5.41, 5.74) is 5.12. The van der Waals surface area contributed by atoms with E-state index in [-0.39, 0.29) is 18.1 Å². The minimum absolute atomic E-state index is 0.153. The van der Waals surface area contributed by atoms with Gasteiger partial charge in [0, 0.05) is 62.7 Å². The molecule has 2 aliphatic heterocycles. The highest BCUT2D eigenvalue weighted by molar-refractivity contribution is 6.09. The van der Waals surface area contributed by atoms with Crippen LogP contribution in [0.15, 0.2) is 71.8 Å². The third-order valence-electron chi connectivity index (χ3n) is 8.87. The Balaban J connectivity index is 1.29. The van der Waals surface area contributed by atoms with Crippen LogP contribution in [0, 0.1) is 0 Å². The van der Waals surface area contributed by atoms with E-state index in [1.165, 1.54) is 4.57 Å². The van der Waals surface area contributed by atoms with Crippen LogP contribution in [0.1, 0.15) is 40.9 Å². The van der Waals surface area contributed by atoms with Crippen molar-refractivity contribution in [1.29, 1.82) is 0 Å². The van der Waals surface area contributed by atoms with Crippen molar-refractivity contribution in [2.24, 2.45) is 7.05 Å². The molecule has 2 aromatic heterocycles. The Morgan fingerprint density at radius 3 is 2.40 bits per heavy atom. The number of nitrogens with one attached hydrogen (secondary N) is 1. The number of fused-ring (bicyclic) bond motifs is 1. The van der Waals surface area contributed by atoms with Crippen LogP contribution in [-0.4, -0.2) is 70.3 Å². The molecular formula is C35H40N6O4. The van der Waals surface area contributed by atoms with Crippen LogP contribution in [0.5, 0.6) is 0 Å². The number of piperazine rings is 1. The van der Waals surface area contributed by atoms with Gasteiger partial charge in [-0.2, -0.15) is 0 Å². The van der Waals surface area contributed by atoms with E-state index in [1.54, 1.807) is 50.2 Å². The number of aryl methyl sites for hydroxylation is 1. The number of amides is 1. The molecule has 0 saturated carbocycles. The molecule has 0 unspecified atom stereocenters. The fourth-order valence-corrected chi connectivity index (χ4v) is 6.16. The zero-order valence-electron chi connectivity index (χ0n) is 26.2. The molecular weight excluding hydrogens is 568 g/mol. The number of nitrogens with zero attached hydrogens (tertiary/aromatic N) is 5. The van der Waals surface area contributed by atoms with E-state index in [9.17, 15) is 19.8 Å². The topological polar surface area (TPSA) is 114 Å². The molecule has 1 saturated heterocycles. The van der Waals surface area contributed by atoms with Crippen molar-refractivity contribution in [2.45, 2.75) is 32.5 Å². The Bertz CT molecular complexity index is 1790. The minimum Gasteiger partial charge on any atom is -0.392 e. The van der Waals surface area contributed by atoms with E-state index in [0.717, 1.165) is 54.1 Å². The smallest absolute Gasteiger partial charge is 0.274 e. The maximum absolute atomic E-state index is 13.7. The van der Waals surface area contributed by atoms with Crippen LogP contribution < -0.4 is 20.7 Å². The monoisotopic (exact) mass is 608 g/mol. The van der Waals surface area contributed by atoms with Gasteiger partial charge in [-0.3, -0.25) is 9.59 Å². The van der Waals surface area contributed by atoms with Crippen LogP contribution in [0.2, 0.25) is 0 Å². The summed E-state index contributed by atoms with van der Waals surface area (Å²) in [5.74, 6) is 0.405. The van der Waals surface area contributed by atoms with Crippen LogP contribution in [0.4, 0.5) is 22.9 Å². The summed E-state index contributed by atoms with van der Waals surface area (Å²) in [6.07, 6.45) is 4.18. The number of hydrogen-bond acceptors (Lipinski definition) is 8. The van der Waals surface area contributed by atoms with Crippen molar-refractivity contribution in [3.05, 3.63) is 99.6 Å². The molecule has 1 amide bonds. The molecule has 234 valence electrons. The molecule has 1 fully saturated rings. The third-order valence-corrected chi connectivity index (χ3v) is 8.87. The van der Waals surface area contributed by atoms with Crippen molar-refractivity contribution < 1.29 is 15.0 Å². The molecule has 4 aromatic rings. The van der Waals surface area contributed by atoms with Crippen LogP contribution >= 0.6 is 0 Å². The molecule has 3 N–H and O–H groups in total. The second-order valence-corrected chi connectivity index (χ2v) is 12.5. The predicted octanol–water partition coefficient (Wildman–Crippen LogP) is 3.87. The van der Waals surface area contributed by atoms with Gasteiger partial charge in [-0.15, -0.1) is 0 Å². The number of likely N-dealkylation sites (N-methyl/N-ethyl adjacent to an activating group) is 1. The van der Waals surface area contributed by atoms with Crippen molar-refractivity contribution in [3.8, 4) is 11.1 Å². The molecule has 2 aliphatic rings. The maximum atomic E-state index is 13.7. The number of aromatic nitrogens is 2. The number of anilines is 4. The molecule has 0 aliphatic carbocycles. The average molecular weight is 609 g/mol. The molecule has 45 heavy (non-hydrogen) atoms. The zero-order valence-corrected chi connectivity index (χ0v) is 26.2. The second kappa shape index (κ2) is 12.1. The van der Waals surface area contributed by atoms with Gasteiger partial charge >= 0.3 is 0 Å². The normalized spacial score (nSPS) is 15.7. The van der Waals surface area contributed by atoms with Gasteiger partial charge in [-0.05, 0) is 74.3 Å². The lowest BCUT2D eigenvalue weighted by atomic mass is 9.90. The second-order valence-electron chi connectivity index (χ2n) is 12.5. The fraction of sp³-hybridized carbons (Fsp3) is 0.343. The fourth-order valence-electron chi connectivity index (χ4n) is 6.16. The number of aliphatic hydroxyl groups excluding tert-OH is 1. The van der Waals surface area contributed by atoms with Crippen molar-refractivity contribution in [2.75, 3.05) is 54.9 Å². The first-order chi connectivity index (χ1) is 21.5. The molecule has 10 nitrogen and oxygen atoms in total. The van der Waals surface area contributed by atoms with E-state index in [2.05, 4.69) is 27.1 Å². The number of aliphatic hydroxyl groups is 2. The SMILES string of the molecule is CN1CCN(c2ccc(Nc3cc(-c4cccc(N5CCc6cc(C(C)(C)O)ccc6C5=O)c4CO)cn(C)c3=O)nc2)CC1. The van der Waals surface area contributed by atoms with Crippen molar-refractivity contribution in [3.63, 3.8) is 0 Å². The lowest BCUT2D eigenvalue weighted by Gasteiger charge is -2.33. The zero-order chi connectivity index (χ0) is 31.9. The first kappa shape index (κ1) is 30.5. The average Bonchev–Trinajstić information content (AvgIpc) is 3.03. The molecule has 0 atom stereocenters. The lowest BCUT2D eigenvalue weighted by Crippen LogP contribution is -2.44. The number of carbonyl (C=O) groups excluding carboxylic acids is 1. The number of carbonyl (C=O) groups is 1. The summed E-state index contributed by atoms with van der Waals surface area (Å²) in [6.45, 7) is 7.50. The van der Waals surface area contributed by atoms with Gasteiger partial charge in [0.25, 0.3) is 11.5 Å². The van der Waals surface area contributed by atoms with Crippen LogP contribution in [0.3, 0.4) is 0 Å². The number of rotatable bonds is 7. The lowest BCUT2D eigenvalue weighted by molar-refractivity contribution is 0.0783. The maximum Gasteiger partial charge on any atom is 0.274 e. The summed E-state index contributed by atoms with van der Waals surface area (Å²) < 4.78 is 1.51. The molecule has 0 radical (unpaired) electrons. The van der Waals surface area contributed by atoms with Crippen molar-refractivity contribution in [1.82, 2.24) is 14.5 Å². The molecule has 10 heteroatoms. The minimum atomic E-state index is -0.999. The number of hydrogen-bond donors (Lipinski definition) is 3. The highest BCUT2D eigenvalue weighted by Crippen LogP contribution is 2.35. The highest BCUT2D eigenvalue weighted by atomic mass is 16.3. The van der Waals surface area contributed by atoms with E-state index in [0.29, 0.717) is 41.3 Å². The number of pyridine rings is 2. The summed E-state index contributed by atoms with van der Waals surface area (Å²) >= 11 is 0. The molecule has 0 spiro atoms. The standard InChI is InChI=1S/C35H40N6O4/c1-35(2,45)25-8-10-28-23(18-25)12-13-41(33(28)43)31-7-5-6-27(29(31)22-42)24-19-30(34(44)39(4)21-24)37-32-11-9-26(20-36-32)40-16-14-38(3)15-17-40/h5-11,18-21,42,45H,12-17,22H2,1-4H3,(H,36,37). The van der Waals surface area contributed by atoms with Gasteiger partial charge in [0.1, 0.15) is 11.5 Å². The Hall–Kier alpha value is -4.51.